The molecule has 9 nitrogen and oxygen atoms in total. The number of carbonyl (C=O) groups excluding carboxylic acids is 1. The van der Waals surface area contributed by atoms with Crippen LogP contribution < -0.4 is 10.0 Å². The predicted molar refractivity (Wildman–Crippen MR) is 167 cm³/mol. The number of halogens is 3. The molecule has 0 saturated heterocycles. The molecule has 2 aromatic carbocycles. The second-order valence-electron chi connectivity index (χ2n) is 10.5. The number of pyridine rings is 1. The number of aromatic nitrogens is 3. The molecular formula is C30H28ClF2N5O4S2. The lowest BCUT2D eigenvalue weighted by Gasteiger charge is -2.20. The summed E-state index contributed by atoms with van der Waals surface area (Å²) in [5.74, 6) is 4.41. The van der Waals surface area contributed by atoms with Crippen molar-refractivity contribution in [1.82, 2.24) is 20.1 Å². The van der Waals surface area contributed by atoms with E-state index in [9.17, 15) is 26.2 Å². The maximum atomic E-state index is 14.1. The molecule has 0 bridgehead atoms. The average molecular weight is 660 g/mol. The number of aryl methyl sites for hydroxylation is 1. The monoisotopic (exact) mass is 659 g/mol. The van der Waals surface area contributed by atoms with Crippen LogP contribution in [0.15, 0.2) is 42.5 Å². The summed E-state index contributed by atoms with van der Waals surface area (Å²) in [5, 5.41) is 6.74. The van der Waals surface area contributed by atoms with E-state index in [2.05, 4.69) is 27.0 Å². The molecule has 5 rings (SSSR count). The third-order valence-corrected chi connectivity index (χ3v) is 10.5. The lowest BCUT2D eigenvalue weighted by molar-refractivity contribution is -0.110. The van der Waals surface area contributed by atoms with Gasteiger partial charge in [0.2, 0.25) is 6.41 Å². The highest BCUT2D eigenvalue weighted by molar-refractivity contribution is 7.93. The van der Waals surface area contributed by atoms with Gasteiger partial charge in [-0.1, -0.05) is 23.6 Å². The van der Waals surface area contributed by atoms with Gasteiger partial charge in [-0.15, -0.1) is 0 Å². The van der Waals surface area contributed by atoms with E-state index in [1.807, 2.05) is 0 Å². The number of hydrogen-bond acceptors (Lipinski definition) is 6. The summed E-state index contributed by atoms with van der Waals surface area (Å²) >= 11 is 6.56. The van der Waals surface area contributed by atoms with Crippen LogP contribution in [-0.4, -0.2) is 50.6 Å². The molecular weight excluding hydrogens is 632 g/mol. The second kappa shape index (κ2) is 12.6. The number of amides is 1. The molecule has 3 atom stereocenters. The first-order chi connectivity index (χ1) is 20.9. The quantitative estimate of drug-likeness (QED) is 0.189. The molecule has 14 heteroatoms. The molecule has 230 valence electrons. The molecule has 0 spiro atoms. The van der Waals surface area contributed by atoms with Gasteiger partial charge < -0.3 is 5.32 Å². The van der Waals surface area contributed by atoms with Gasteiger partial charge in [0.15, 0.2) is 15.7 Å². The molecule has 1 fully saturated rings. The number of hydrogen-bond donors (Lipinski definition) is 2. The van der Waals surface area contributed by atoms with Gasteiger partial charge in [-0.05, 0) is 68.0 Å². The summed E-state index contributed by atoms with van der Waals surface area (Å²) in [4.78, 5) is 16.5. The second-order valence-corrected chi connectivity index (χ2v) is 14.6. The van der Waals surface area contributed by atoms with Gasteiger partial charge in [-0.2, -0.15) is 5.10 Å². The molecule has 1 aliphatic rings. The first-order valence-corrected chi connectivity index (χ1v) is 17.1. The van der Waals surface area contributed by atoms with Crippen LogP contribution in [0.3, 0.4) is 0 Å². The Kier molecular flexibility index (Phi) is 9.06. The van der Waals surface area contributed by atoms with Gasteiger partial charge in [0.25, 0.3) is 0 Å². The van der Waals surface area contributed by atoms with Gasteiger partial charge in [-0.3, -0.25) is 14.2 Å². The maximum absolute atomic E-state index is 14.1. The summed E-state index contributed by atoms with van der Waals surface area (Å²) in [7, 11) is -3.14. The third-order valence-electron chi connectivity index (χ3n) is 7.24. The minimum absolute atomic E-state index is 0.0273. The molecule has 4 aromatic rings. The van der Waals surface area contributed by atoms with Crippen molar-refractivity contribution in [2.75, 3.05) is 11.0 Å². The van der Waals surface area contributed by atoms with E-state index in [1.165, 1.54) is 25.3 Å². The van der Waals surface area contributed by atoms with Crippen LogP contribution in [-0.2, 0) is 39.1 Å². The summed E-state index contributed by atoms with van der Waals surface area (Å²) < 4.78 is 69.8. The lowest BCUT2D eigenvalue weighted by atomic mass is 9.94. The summed E-state index contributed by atoms with van der Waals surface area (Å²) in [6.07, 6.45) is 3.15. The Labute approximate surface area is 260 Å². The van der Waals surface area contributed by atoms with Crippen LogP contribution in [0.5, 0.6) is 0 Å². The highest BCUT2D eigenvalue weighted by atomic mass is 35.5. The van der Waals surface area contributed by atoms with Crippen molar-refractivity contribution in [1.29, 1.82) is 0 Å². The molecule has 44 heavy (non-hydrogen) atoms. The predicted octanol–water partition coefficient (Wildman–Crippen LogP) is 4.62. The van der Waals surface area contributed by atoms with E-state index >= 15 is 0 Å². The highest BCUT2D eigenvalue weighted by Gasteiger charge is 2.38. The molecule has 0 aliphatic heterocycles. The average Bonchev–Trinajstić information content (AvgIpc) is 3.76. The zero-order valence-corrected chi connectivity index (χ0v) is 26.3. The van der Waals surface area contributed by atoms with Crippen molar-refractivity contribution < 1.29 is 26.2 Å². The van der Waals surface area contributed by atoms with Gasteiger partial charge in [0.05, 0.1) is 32.9 Å². The topological polar surface area (TPSA) is 123 Å². The molecule has 2 aromatic heterocycles. The van der Waals surface area contributed by atoms with Gasteiger partial charge in [-0.25, -0.2) is 26.4 Å². The van der Waals surface area contributed by atoms with Gasteiger partial charge in [0.1, 0.15) is 33.6 Å². The Balaban J connectivity index is 1.69. The highest BCUT2D eigenvalue weighted by Crippen LogP contribution is 2.39. The Hall–Kier alpha value is -3.86. The molecule has 1 amide bonds. The van der Waals surface area contributed by atoms with Gasteiger partial charge >= 0.3 is 0 Å². The summed E-state index contributed by atoms with van der Waals surface area (Å²) in [6.45, 7) is 1.53. The number of anilines is 1. The molecule has 2 heterocycles. The Morgan fingerprint density at radius 1 is 1.16 bits per heavy atom. The Morgan fingerprint density at radius 2 is 1.84 bits per heavy atom. The zero-order valence-electron chi connectivity index (χ0n) is 23.9. The minimum Gasteiger partial charge on any atom is -0.350 e. The Morgan fingerprint density at radius 3 is 2.48 bits per heavy atom. The number of benzene rings is 2. The van der Waals surface area contributed by atoms with Crippen molar-refractivity contribution in [3.8, 4) is 23.0 Å². The normalized spacial score (nSPS) is 15.2. The van der Waals surface area contributed by atoms with Crippen molar-refractivity contribution in [3.05, 3.63) is 76.1 Å². The SMILES string of the molecule is CC(C#Cc1ccc(-c2ccc(Cl)c3c(NS(C)=O)nn(C)c23)c(C(Cc2cc(F)cc(F)c2)NC=O)n1)S(=O)(=O)C1CC1. The Bertz CT molecular complexity index is 1950. The fourth-order valence-electron chi connectivity index (χ4n) is 5.06. The first kappa shape index (κ1) is 31.6. The standard InChI is InChI=1S/C30H28ClF2N5O4S2/c1-17(44(41,42)22-7-8-22)4-5-21-6-9-23(24-10-11-25(31)27-29(24)38(2)36-30(27)37-43(3)40)28(35-21)26(34-16-39)14-18-12-19(32)15-20(33)13-18/h6,9-13,15-17,22,26H,7-8,14H2,1-3H3,(H,34,39)(H,36,37). The number of fused-ring (bicyclic) bond motifs is 1. The minimum atomic E-state index is -3.39. The fourth-order valence-corrected chi connectivity index (χ4v) is 7.32. The number of nitrogens with zero attached hydrogens (tertiary/aromatic N) is 3. The summed E-state index contributed by atoms with van der Waals surface area (Å²) in [5.41, 5.74) is 2.52. The van der Waals surface area contributed by atoms with Crippen LogP contribution in [0.4, 0.5) is 14.6 Å². The fraction of sp³-hybridized carbons (Fsp3) is 0.300. The smallest absolute Gasteiger partial charge is 0.207 e. The van der Waals surface area contributed by atoms with Crippen molar-refractivity contribution >= 4 is 55.6 Å². The lowest BCUT2D eigenvalue weighted by Crippen LogP contribution is -2.24. The van der Waals surface area contributed by atoms with Crippen LogP contribution in [0.2, 0.25) is 5.02 Å². The number of nitrogens with one attached hydrogen (secondary N) is 2. The van der Waals surface area contributed by atoms with E-state index in [0.717, 1.165) is 6.07 Å². The molecule has 1 aliphatic carbocycles. The van der Waals surface area contributed by atoms with E-state index in [1.54, 1.807) is 36.0 Å². The number of rotatable bonds is 10. The van der Waals surface area contributed by atoms with E-state index < -0.39 is 43.7 Å². The zero-order chi connectivity index (χ0) is 31.8. The largest absolute Gasteiger partial charge is 0.350 e. The van der Waals surface area contributed by atoms with E-state index in [-0.39, 0.29) is 22.9 Å². The van der Waals surface area contributed by atoms with Crippen molar-refractivity contribution in [3.63, 3.8) is 0 Å². The number of carbonyl (C=O) groups is 1. The van der Waals surface area contributed by atoms with E-state index in [4.69, 9.17) is 16.6 Å². The molecule has 0 radical (unpaired) electrons. The van der Waals surface area contributed by atoms with Gasteiger partial charge in [0, 0.05) is 30.5 Å². The number of sulfone groups is 1. The summed E-state index contributed by atoms with van der Waals surface area (Å²) in [6, 6.07) is 8.95. The van der Waals surface area contributed by atoms with E-state index in [0.29, 0.717) is 57.8 Å². The molecule has 2 N–H and O–H groups in total. The van der Waals surface area contributed by atoms with Crippen LogP contribution in [0, 0.1) is 23.5 Å². The van der Waals surface area contributed by atoms with Crippen LogP contribution in [0.1, 0.15) is 42.8 Å². The van der Waals surface area contributed by atoms with Crippen molar-refractivity contribution in [2.24, 2.45) is 7.05 Å². The molecule has 3 unspecified atom stereocenters. The third kappa shape index (κ3) is 6.62. The molecule has 1 saturated carbocycles. The first-order valence-electron chi connectivity index (χ1n) is 13.5. The van der Waals surface area contributed by atoms with Crippen molar-refractivity contribution in [2.45, 2.75) is 42.7 Å². The van der Waals surface area contributed by atoms with Crippen LogP contribution in [0.25, 0.3) is 22.0 Å². The van der Waals surface area contributed by atoms with Crippen LogP contribution >= 0.6 is 11.6 Å². The maximum Gasteiger partial charge on any atom is 0.207 e.